The largest absolute Gasteiger partial charge is 0.494 e. The minimum Gasteiger partial charge on any atom is -0.494 e. The second-order valence-corrected chi connectivity index (χ2v) is 4.84. The van der Waals surface area contributed by atoms with E-state index in [0.717, 1.165) is 24.2 Å². The Balaban J connectivity index is 2.37. The summed E-state index contributed by atoms with van der Waals surface area (Å²) in [6.45, 7) is 4.31. The van der Waals surface area contributed by atoms with Gasteiger partial charge >= 0.3 is 0 Å². The number of amides is 1. The van der Waals surface area contributed by atoms with Crippen molar-refractivity contribution in [2.24, 2.45) is 5.73 Å². The van der Waals surface area contributed by atoms with Crippen molar-refractivity contribution in [2.45, 2.75) is 38.3 Å². The van der Waals surface area contributed by atoms with Crippen molar-refractivity contribution < 1.29 is 9.53 Å². The topological polar surface area (TPSA) is 64.3 Å². The SMILES string of the molecule is CCOc1ccccc1C(C)(NC1CC1)C(N)=O. The zero-order valence-electron chi connectivity index (χ0n) is 10.9. The third-order valence-electron chi connectivity index (χ3n) is 3.29. The minimum absolute atomic E-state index is 0.374. The number of benzene rings is 1. The van der Waals surface area contributed by atoms with Crippen LogP contribution in [-0.2, 0) is 10.3 Å². The van der Waals surface area contributed by atoms with E-state index in [1.54, 1.807) is 0 Å². The molecule has 0 saturated heterocycles. The van der Waals surface area contributed by atoms with E-state index in [0.29, 0.717) is 12.6 Å². The highest BCUT2D eigenvalue weighted by atomic mass is 16.5. The Bertz CT molecular complexity index is 443. The van der Waals surface area contributed by atoms with Crippen LogP contribution in [0.5, 0.6) is 5.75 Å². The van der Waals surface area contributed by atoms with Gasteiger partial charge in [-0.1, -0.05) is 18.2 Å². The molecule has 1 atom stereocenters. The lowest BCUT2D eigenvalue weighted by molar-refractivity contribution is -0.124. The number of hydrogen-bond donors (Lipinski definition) is 2. The van der Waals surface area contributed by atoms with Crippen LogP contribution in [0.15, 0.2) is 24.3 Å². The molecule has 0 heterocycles. The van der Waals surface area contributed by atoms with E-state index >= 15 is 0 Å². The summed E-state index contributed by atoms with van der Waals surface area (Å²) in [4.78, 5) is 11.8. The highest BCUT2D eigenvalue weighted by Gasteiger charge is 2.40. The standard InChI is InChI=1S/C14H20N2O2/c1-3-18-12-7-5-4-6-11(12)14(2,13(15)17)16-10-8-9-10/h4-7,10,16H,3,8-9H2,1-2H3,(H2,15,17). The maximum absolute atomic E-state index is 11.8. The van der Waals surface area contributed by atoms with Gasteiger partial charge in [-0.25, -0.2) is 0 Å². The van der Waals surface area contributed by atoms with Crippen LogP contribution in [0.4, 0.5) is 0 Å². The third-order valence-corrected chi connectivity index (χ3v) is 3.29. The van der Waals surface area contributed by atoms with E-state index in [4.69, 9.17) is 10.5 Å². The lowest BCUT2D eigenvalue weighted by Gasteiger charge is -2.29. The summed E-state index contributed by atoms with van der Waals surface area (Å²) in [6.07, 6.45) is 2.19. The lowest BCUT2D eigenvalue weighted by atomic mass is 9.90. The van der Waals surface area contributed by atoms with Crippen molar-refractivity contribution in [3.63, 3.8) is 0 Å². The van der Waals surface area contributed by atoms with Gasteiger partial charge in [-0.2, -0.15) is 0 Å². The first kappa shape index (κ1) is 12.9. The number of ether oxygens (including phenoxy) is 1. The van der Waals surface area contributed by atoms with Gasteiger partial charge in [-0.3, -0.25) is 10.1 Å². The average molecular weight is 248 g/mol. The smallest absolute Gasteiger partial charge is 0.242 e. The summed E-state index contributed by atoms with van der Waals surface area (Å²) < 4.78 is 5.59. The molecule has 1 aliphatic carbocycles. The molecule has 1 aromatic rings. The molecule has 4 heteroatoms. The highest BCUT2D eigenvalue weighted by molar-refractivity contribution is 5.86. The summed E-state index contributed by atoms with van der Waals surface area (Å²) in [5.41, 5.74) is 5.53. The predicted octanol–water partition coefficient (Wildman–Crippen LogP) is 1.54. The fraction of sp³-hybridized carbons (Fsp3) is 0.500. The summed E-state index contributed by atoms with van der Waals surface area (Å²) in [6, 6.07) is 7.94. The second kappa shape index (κ2) is 4.98. The Labute approximate surface area is 108 Å². The second-order valence-electron chi connectivity index (χ2n) is 4.84. The molecule has 1 unspecified atom stereocenters. The molecule has 0 spiro atoms. The first-order valence-corrected chi connectivity index (χ1v) is 6.38. The van der Waals surface area contributed by atoms with Crippen LogP contribution in [0, 0.1) is 0 Å². The molecule has 1 aromatic carbocycles. The molecule has 1 fully saturated rings. The molecule has 0 aliphatic heterocycles. The number of carbonyl (C=O) groups excluding carboxylic acids is 1. The Morgan fingerprint density at radius 2 is 2.17 bits per heavy atom. The Kier molecular flexibility index (Phi) is 3.57. The van der Waals surface area contributed by atoms with Crippen molar-refractivity contribution in [1.82, 2.24) is 5.32 Å². The maximum atomic E-state index is 11.8. The Morgan fingerprint density at radius 1 is 1.50 bits per heavy atom. The number of para-hydroxylation sites is 1. The van der Waals surface area contributed by atoms with Crippen molar-refractivity contribution in [3.05, 3.63) is 29.8 Å². The fourth-order valence-electron chi connectivity index (χ4n) is 2.08. The quantitative estimate of drug-likeness (QED) is 0.802. The van der Waals surface area contributed by atoms with Gasteiger partial charge < -0.3 is 10.5 Å². The van der Waals surface area contributed by atoms with E-state index < -0.39 is 5.54 Å². The molecule has 4 nitrogen and oxygen atoms in total. The summed E-state index contributed by atoms with van der Waals surface area (Å²) in [5.74, 6) is 0.344. The van der Waals surface area contributed by atoms with Gasteiger partial charge in [-0.05, 0) is 32.8 Å². The van der Waals surface area contributed by atoms with Crippen molar-refractivity contribution >= 4 is 5.91 Å². The third kappa shape index (κ3) is 2.48. The van der Waals surface area contributed by atoms with Gasteiger partial charge in [0.1, 0.15) is 11.3 Å². The van der Waals surface area contributed by atoms with Crippen molar-refractivity contribution in [2.75, 3.05) is 6.61 Å². The Hall–Kier alpha value is -1.55. The fourth-order valence-corrected chi connectivity index (χ4v) is 2.08. The van der Waals surface area contributed by atoms with Gasteiger partial charge in [0.2, 0.25) is 5.91 Å². The summed E-state index contributed by atoms with van der Waals surface area (Å²) in [5, 5.41) is 3.33. The molecule has 3 N–H and O–H groups in total. The van der Waals surface area contributed by atoms with Crippen molar-refractivity contribution in [3.8, 4) is 5.75 Å². The number of hydrogen-bond acceptors (Lipinski definition) is 3. The number of nitrogens with one attached hydrogen (secondary N) is 1. The van der Waals surface area contributed by atoms with Gasteiger partial charge in [0.25, 0.3) is 0 Å². The molecule has 1 aliphatic rings. The van der Waals surface area contributed by atoms with E-state index in [1.165, 1.54) is 0 Å². The zero-order valence-corrected chi connectivity index (χ0v) is 10.9. The maximum Gasteiger partial charge on any atom is 0.242 e. The molecule has 2 rings (SSSR count). The molecule has 0 bridgehead atoms. The number of carbonyl (C=O) groups is 1. The van der Waals surface area contributed by atoms with Crippen LogP contribution in [-0.4, -0.2) is 18.6 Å². The average Bonchev–Trinajstić information content (AvgIpc) is 3.13. The van der Waals surface area contributed by atoms with E-state index in [1.807, 2.05) is 38.1 Å². The predicted molar refractivity (Wildman–Crippen MR) is 70.3 cm³/mol. The summed E-state index contributed by atoms with van der Waals surface area (Å²) >= 11 is 0. The van der Waals surface area contributed by atoms with Gasteiger partial charge in [0, 0.05) is 11.6 Å². The van der Waals surface area contributed by atoms with Crippen LogP contribution in [0.25, 0.3) is 0 Å². The molecule has 1 saturated carbocycles. The normalized spacial score (nSPS) is 18.1. The van der Waals surface area contributed by atoms with E-state index in [-0.39, 0.29) is 5.91 Å². The monoisotopic (exact) mass is 248 g/mol. The van der Waals surface area contributed by atoms with Gasteiger partial charge in [0.05, 0.1) is 6.61 Å². The van der Waals surface area contributed by atoms with Crippen molar-refractivity contribution in [1.29, 1.82) is 0 Å². The first-order chi connectivity index (χ1) is 8.58. The molecule has 98 valence electrons. The Morgan fingerprint density at radius 3 is 2.72 bits per heavy atom. The first-order valence-electron chi connectivity index (χ1n) is 6.38. The van der Waals surface area contributed by atoms with Gasteiger partial charge in [-0.15, -0.1) is 0 Å². The lowest BCUT2D eigenvalue weighted by Crippen LogP contribution is -2.51. The van der Waals surface area contributed by atoms with E-state index in [2.05, 4.69) is 5.32 Å². The van der Waals surface area contributed by atoms with Crippen LogP contribution in [0.3, 0.4) is 0 Å². The summed E-state index contributed by atoms with van der Waals surface area (Å²) in [7, 11) is 0. The van der Waals surface area contributed by atoms with Crippen LogP contribution in [0.2, 0.25) is 0 Å². The highest BCUT2D eigenvalue weighted by Crippen LogP contribution is 2.33. The molecular weight excluding hydrogens is 228 g/mol. The van der Waals surface area contributed by atoms with E-state index in [9.17, 15) is 4.79 Å². The zero-order chi connectivity index (χ0) is 13.2. The minimum atomic E-state index is -0.868. The van der Waals surface area contributed by atoms with Crippen LogP contribution in [0.1, 0.15) is 32.3 Å². The molecule has 18 heavy (non-hydrogen) atoms. The molecule has 0 radical (unpaired) electrons. The molecule has 0 aromatic heterocycles. The number of nitrogens with two attached hydrogens (primary N) is 1. The number of rotatable bonds is 6. The van der Waals surface area contributed by atoms with Gasteiger partial charge in [0.15, 0.2) is 0 Å². The van der Waals surface area contributed by atoms with Crippen LogP contribution >= 0.6 is 0 Å². The number of primary amides is 1. The molecular formula is C14H20N2O2. The molecule has 1 amide bonds. The van der Waals surface area contributed by atoms with Crippen LogP contribution < -0.4 is 15.8 Å².